The number of hydrogen-bond donors (Lipinski definition) is 0. The summed E-state index contributed by atoms with van der Waals surface area (Å²) in [5.74, 6) is 0.779. The van der Waals surface area contributed by atoms with Crippen LogP contribution in [0.4, 0.5) is 0 Å². The molecule has 0 atom stereocenters. The molecule has 0 bridgehead atoms. The standard InChI is InChI=1S/C15H17ClN2S/c1-10-12(16)17-14(15(2,3)4)18-13(10)19-11-8-6-5-7-9-11/h5-9H,1-4H3. The van der Waals surface area contributed by atoms with Crippen LogP contribution >= 0.6 is 23.4 Å². The molecule has 0 aliphatic rings. The van der Waals surface area contributed by atoms with Crippen LogP contribution in [0.15, 0.2) is 40.3 Å². The average Bonchev–Trinajstić information content (AvgIpc) is 2.34. The third-order valence-electron chi connectivity index (χ3n) is 2.67. The summed E-state index contributed by atoms with van der Waals surface area (Å²) in [6.45, 7) is 8.22. The third-order valence-corrected chi connectivity index (χ3v) is 4.14. The third kappa shape index (κ3) is 3.48. The zero-order valence-electron chi connectivity index (χ0n) is 11.6. The molecule has 19 heavy (non-hydrogen) atoms. The molecule has 4 heteroatoms. The Morgan fingerprint density at radius 3 is 2.26 bits per heavy atom. The van der Waals surface area contributed by atoms with Gasteiger partial charge in [0.25, 0.3) is 0 Å². The first kappa shape index (κ1) is 14.4. The lowest BCUT2D eigenvalue weighted by Gasteiger charge is -2.18. The molecule has 0 aliphatic carbocycles. The summed E-state index contributed by atoms with van der Waals surface area (Å²) in [5.41, 5.74) is 0.826. The van der Waals surface area contributed by atoms with Crippen molar-refractivity contribution < 1.29 is 0 Å². The summed E-state index contributed by atoms with van der Waals surface area (Å²) < 4.78 is 0. The van der Waals surface area contributed by atoms with Crippen molar-refractivity contribution in [3.05, 3.63) is 46.9 Å². The minimum atomic E-state index is -0.108. The van der Waals surface area contributed by atoms with E-state index in [4.69, 9.17) is 11.6 Å². The minimum Gasteiger partial charge on any atom is -0.225 e. The van der Waals surface area contributed by atoms with Gasteiger partial charge in [0.05, 0.1) is 0 Å². The summed E-state index contributed by atoms with van der Waals surface area (Å²) in [6, 6.07) is 10.2. The first-order chi connectivity index (χ1) is 8.88. The van der Waals surface area contributed by atoms with Crippen molar-refractivity contribution in [3.8, 4) is 0 Å². The van der Waals surface area contributed by atoms with Gasteiger partial charge < -0.3 is 0 Å². The van der Waals surface area contributed by atoms with Gasteiger partial charge in [-0.05, 0) is 19.1 Å². The van der Waals surface area contributed by atoms with Gasteiger partial charge in [-0.1, -0.05) is 62.3 Å². The molecular weight excluding hydrogens is 276 g/mol. The van der Waals surface area contributed by atoms with E-state index in [9.17, 15) is 0 Å². The predicted molar refractivity (Wildman–Crippen MR) is 81.0 cm³/mol. The largest absolute Gasteiger partial charge is 0.225 e. The Hall–Kier alpha value is -1.06. The molecule has 0 spiro atoms. The highest BCUT2D eigenvalue weighted by Crippen LogP contribution is 2.33. The van der Waals surface area contributed by atoms with E-state index in [1.807, 2.05) is 25.1 Å². The fourth-order valence-electron chi connectivity index (χ4n) is 1.51. The van der Waals surface area contributed by atoms with Crippen molar-refractivity contribution in [2.75, 3.05) is 0 Å². The highest BCUT2D eigenvalue weighted by Gasteiger charge is 2.20. The van der Waals surface area contributed by atoms with E-state index >= 15 is 0 Å². The summed E-state index contributed by atoms with van der Waals surface area (Å²) in [4.78, 5) is 10.2. The lowest BCUT2D eigenvalue weighted by molar-refractivity contribution is 0.537. The molecule has 2 aromatic rings. The summed E-state index contributed by atoms with van der Waals surface area (Å²) in [7, 11) is 0. The van der Waals surface area contributed by atoms with E-state index in [-0.39, 0.29) is 5.41 Å². The van der Waals surface area contributed by atoms with Crippen molar-refractivity contribution in [2.45, 2.75) is 43.0 Å². The molecule has 0 radical (unpaired) electrons. The van der Waals surface area contributed by atoms with E-state index in [2.05, 4.69) is 42.9 Å². The molecule has 2 nitrogen and oxygen atoms in total. The van der Waals surface area contributed by atoms with Gasteiger partial charge in [0, 0.05) is 15.9 Å². The van der Waals surface area contributed by atoms with Gasteiger partial charge in [-0.25, -0.2) is 9.97 Å². The van der Waals surface area contributed by atoms with E-state index < -0.39 is 0 Å². The molecule has 0 amide bonds. The normalized spacial score (nSPS) is 11.6. The van der Waals surface area contributed by atoms with E-state index in [0.29, 0.717) is 5.15 Å². The van der Waals surface area contributed by atoms with Crippen molar-refractivity contribution in [2.24, 2.45) is 0 Å². The molecule has 1 aromatic carbocycles. The Kier molecular flexibility index (Phi) is 4.16. The van der Waals surface area contributed by atoms with Gasteiger partial charge in [-0.15, -0.1) is 0 Å². The number of nitrogens with zero attached hydrogens (tertiary/aromatic N) is 2. The molecule has 0 N–H and O–H groups in total. The Bertz CT molecular complexity index is 577. The zero-order chi connectivity index (χ0) is 14.0. The molecule has 0 unspecified atom stereocenters. The molecule has 1 heterocycles. The number of aromatic nitrogens is 2. The maximum Gasteiger partial charge on any atom is 0.136 e. The van der Waals surface area contributed by atoms with Crippen molar-refractivity contribution in [1.29, 1.82) is 0 Å². The molecule has 0 saturated carbocycles. The lowest BCUT2D eigenvalue weighted by atomic mass is 9.96. The topological polar surface area (TPSA) is 25.8 Å². The number of hydrogen-bond acceptors (Lipinski definition) is 3. The van der Waals surface area contributed by atoms with Crippen LogP contribution in [0, 0.1) is 6.92 Å². The van der Waals surface area contributed by atoms with Crippen LogP contribution in [0.5, 0.6) is 0 Å². The van der Waals surface area contributed by atoms with E-state index in [1.54, 1.807) is 11.8 Å². The van der Waals surface area contributed by atoms with Crippen LogP contribution in [0.1, 0.15) is 32.2 Å². The zero-order valence-corrected chi connectivity index (χ0v) is 13.1. The average molecular weight is 293 g/mol. The van der Waals surface area contributed by atoms with Crippen LogP contribution in [0.25, 0.3) is 0 Å². The molecule has 1 aromatic heterocycles. The fourth-order valence-corrected chi connectivity index (χ4v) is 2.63. The highest BCUT2D eigenvalue weighted by molar-refractivity contribution is 7.99. The van der Waals surface area contributed by atoms with Crippen LogP contribution < -0.4 is 0 Å². The Morgan fingerprint density at radius 1 is 1.05 bits per heavy atom. The van der Waals surface area contributed by atoms with E-state index in [1.165, 1.54) is 0 Å². The maximum absolute atomic E-state index is 6.23. The number of rotatable bonds is 2. The minimum absolute atomic E-state index is 0.108. The number of benzene rings is 1. The first-order valence-corrected chi connectivity index (χ1v) is 7.35. The Morgan fingerprint density at radius 2 is 1.68 bits per heavy atom. The lowest BCUT2D eigenvalue weighted by Crippen LogP contribution is -2.17. The smallest absolute Gasteiger partial charge is 0.136 e. The monoisotopic (exact) mass is 292 g/mol. The quantitative estimate of drug-likeness (QED) is 0.737. The molecule has 0 fully saturated rings. The molecular formula is C15H17ClN2S. The number of halogens is 1. The Balaban J connectivity index is 2.42. The van der Waals surface area contributed by atoms with Gasteiger partial charge in [-0.2, -0.15) is 0 Å². The second kappa shape index (κ2) is 5.51. The molecule has 2 rings (SSSR count). The fraction of sp³-hybridized carbons (Fsp3) is 0.333. The molecule has 100 valence electrons. The highest BCUT2D eigenvalue weighted by atomic mass is 35.5. The summed E-state index contributed by atoms with van der Waals surface area (Å²) >= 11 is 7.85. The van der Waals surface area contributed by atoms with Crippen molar-refractivity contribution in [3.63, 3.8) is 0 Å². The van der Waals surface area contributed by atoms with Crippen LogP contribution in [-0.2, 0) is 5.41 Å². The van der Waals surface area contributed by atoms with Gasteiger partial charge in [0.2, 0.25) is 0 Å². The second-order valence-electron chi connectivity index (χ2n) is 5.43. The SMILES string of the molecule is Cc1c(Cl)nc(C(C)(C)C)nc1Sc1ccccc1. The van der Waals surface area contributed by atoms with Gasteiger partial charge >= 0.3 is 0 Å². The van der Waals surface area contributed by atoms with Crippen LogP contribution in [-0.4, -0.2) is 9.97 Å². The predicted octanol–water partition coefficient (Wildman–Crippen LogP) is 4.89. The van der Waals surface area contributed by atoms with Gasteiger partial charge in [-0.3, -0.25) is 0 Å². The molecule has 0 saturated heterocycles. The van der Waals surface area contributed by atoms with Gasteiger partial charge in [0.1, 0.15) is 16.0 Å². The van der Waals surface area contributed by atoms with Crippen molar-refractivity contribution in [1.82, 2.24) is 9.97 Å². The Labute approximate surface area is 123 Å². The summed E-state index contributed by atoms with van der Waals surface area (Å²) in [5, 5.41) is 1.47. The second-order valence-corrected chi connectivity index (χ2v) is 6.85. The van der Waals surface area contributed by atoms with Gasteiger partial charge in [0.15, 0.2) is 0 Å². The van der Waals surface area contributed by atoms with Crippen molar-refractivity contribution >= 4 is 23.4 Å². The van der Waals surface area contributed by atoms with E-state index in [0.717, 1.165) is 21.3 Å². The maximum atomic E-state index is 6.23. The van der Waals surface area contributed by atoms with Crippen LogP contribution in [0.3, 0.4) is 0 Å². The van der Waals surface area contributed by atoms with Crippen LogP contribution in [0.2, 0.25) is 5.15 Å². The molecule has 0 aliphatic heterocycles. The first-order valence-electron chi connectivity index (χ1n) is 6.15. The summed E-state index contributed by atoms with van der Waals surface area (Å²) in [6.07, 6.45) is 0.